The predicted molar refractivity (Wildman–Crippen MR) is 130 cm³/mol. The maximum absolute atomic E-state index is 11.6. The summed E-state index contributed by atoms with van der Waals surface area (Å²) in [4.78, 5) is 20.3. The Kier molecular flexibility index (Phi) is 9.45. The van der Waals surface area contributed by atoms with Gasteiger partial charge in [0.1, 0.15) is 5.78 Å². The minimum absolute atomic E-state index is 0. The van der Waals surface area contributed by atoms with Crippen LogP contribution in [0, 0.1) is 25.7 Å². The average Bonchev–Trinajstić information content (AvgIpc) is 2.88. The second-order valence-electron chi connectivity index (χ2n) is 7.11. The van der Waals surface area contributed by atoms with E-state index in [1.54, 1.807) is 25.2 Å². The molecule has 0 amide bonds. The summed E-state index contributed by atoms with van der Waals surface area (Å²) in [6.07, 6.45) is 10.4. The number of hydrogen-bond acceptors (Lipinski definition) is 3. The average molecular weight is 521 g/mol. The molecule has 4 radical (unpaired) electrons. The summed E-state index contributed by atoms with van der Waals surface area (Å²) in [6.45, 7) is 0. The summed E-state index contributed by atoms with van der Waals surface area (Å²) in [5.41, 5.74) is 4.01. The number of ketones is 1. The Morgan fingerprint density at radius 2 is 0.970 bits per heavy atom. The van der Waals surface area contributed by atoms with E-state index in [1.165, 1.54) is 0 Å². The molecule has 0 fully saturated rings. The van der Waals surface area contributed by atoms with Gasteiger partial charge in [-0.1, -0.05) is 84.9 Å². The molecule has 0 unspecified atom stereocenters. The van der Waals surface area contributed by atoms with E-state index in [-0.39, 0.29) is 26.2 Å². The number of rotatable bonds is 6. The van der Waals surface area contributed by atoms with Crippen molar-refractivity contribution < 1.29 is 25.2 Å². The van der Waals surface area contributed by atoms with Gasteiger partial charge in [-0.25, -0.2) is 0 Å². The van der Waals surface area contributed by atoms with Crippen LogP contribution in [0.1, 0.15) is 11.1 Å². The van der Waals surface area contributed by atoms with Gasteiger partial charge in [0.15, 0.2) is 0 Å². The van der Waals surface area contributed by atoms with Crippen LogP contribution < -0.4 is 0 Å². The molecule has 0 atom stereocenters. The third-order valence-electron chi connectivity index (χ3n) is 4.82. The van der Waals surface area contributed by atoms with Gasteiger partial charge in [-0.3, -0.25) is 14.8 Å². The maximum Gasteiger partial charge on any atom is 0.141 e. The molecule has 0 bridgehead atoms. The molecule has 164 valence electrons. The Morgan fingerprint density at radius 1 is 0.545 bits per heavy atom. The van der Waals surface area contributed by atoms with Crippen molar-refractivity contribution >= 4 is 27.6 Å². The van der Waals surface area contributed by atoms with Crippen molar-refractivity contribution in [1.29, 1.82) is 0 Å². The number of carbonyl (C=O) groups excluding carboxylic acids is 1. The maximum atomic E-state index is 11.6. The molecule has 0 aliphatic carbocycles. The first-order chi connectivity index (χ1) is 15.8. The van der Waals surface area contributed by atoms with E-state index >= 15 is 0 Å². The van der Waals surface area contributed by atoms with Crippen LogP contribution in [0.25, 0.3) is 21.8 Å². The van der Waals surface area contributed by atoms with E-state index < -0.39 is 0 Å². The summed E-state index contributed by atoms with van der Waals surface area (Å²) >= 11 is 0. The molecule has 2 heterocycles. The van der Waals surface area contributed by atoms with Gasteiger partial charge in [-0.15, -0.1) is 0 Å². The zero-order valence-corrected chi connectivity index (χ0v) is 19.4. The molecule has 0 aliphatic heterocycles. The third kappa shape index (κ3) is 7.15. The molecule has 0 N–H and O–H groups in total. The van der Waals surface area contributed by atoms with Crippen molar-refractivity contribution in [3.05, 3.63) is 146 Å². The van der Waals surface area contributed by atoms with Gasteiger partial charge < -0.3 is 0 Å². The van der Waals surface area contributed by atoms with Crippen molar-refractivity contribution in [2.75, 3.05) is 0 Å². The van der Waals surface area contributed by atoms with Crippen LogP contribution in [0.4, 0.5) is 0 Å². The van der Waals surface area contributed by atoms with Crippen molar-refractivity contribution in [1.82, 2.24) is 9.97 Å². The van der Waals surface area contributed by atoms with Crippen LogP contribution in [0.2, 0.25) is 0 Å². The number of carbonyl (C=O) groups is 1. The van der Waals surface area contributed by atoms with E-state index in [0.29, 0.717) is 0 Å². The number of Topliss-reactive ketones (excluding diaryl/α,β-unsaturated/α-hetero) is 1. The summed E-state index contributed by atoms with van der Waals surface area (Å²) in [6, 6.07) is 31.7. The first kappa shape index (κ1) is 24.5. The van der Waals surface area contributed by atoms with Crippen LogP contribution in [0.5, 0.6) is 0 Å². The largest absolute Gasteiger partial charge is 0.299 e. The van der Waals surface area contributed by atoms with Crippen LogP contribution in [0.15, 0.2) is 109 Å². The quantitative estimate of drug-likeness (QED) is 0.196. The van der Waals surface area contributed by atoms with E-state index in [2.05, 4.69) is 34.2 Å². The fourth-order valence-electron chi connectivity index (χ4n) is 3.22. The van der Waals surface area contributed by atoms with E-state index in [1.807, 2.05) is 85.6 Å². The molecule has 0 saturated heterocycles. The normalized spacial score (nSPS) is 10.2. The van der Waals surface area contributed by atoms with Crippen molar-refractivity contribution in [3.63, 3.8) is 0 Å². The Balaban J connectivity index is 0.000000185. The van der Waals surface area contributed by atoms with E-state index in [0.717, 1.165) is 32.9 Å². The van der Waals surface area contributed by atoms with E-state index in [9.17, 15) is 4.79 Å². The molecule has 0 saturated carbocycles. The molecule has 3 aromatic carbocycles. The fraction of sp³-hybridized carbons (Fsp3) is 0. The number of pyridine rings is 2. The van der Waals surface area contributed by atoms with E-state index in [4.69, 9.17) is 0 Å². The van der Waals surface area contributed by atoms with Gasteiger partial charge in [0.2, 0.25) is 0 Å². The predicted octanol–water partition coefficient (Wildman–Crippen LogP) is 6.25. The number of fused-ring (bicyclic) bond motifs is 3. The van der Waals surface area contributed by atoms with Crippen molar-refractivity contribution in [2.45, 2.75) is 0 Å². The molecule has 3 nitrogen and oxygen atoms in total. The molecule has 5 rings (SSSR count). The van der Waals surface area contributed by atoms with Gasteiger partial charge in [0.05, 0.1) is 11.0 Å². The summed E-state index contributed by atoms with van der Waals surface area (Å²) < 4.78 is 0. The standard InChI is InChI=1S/C17H14O.C12H8N2.Pd/c18-17(13-11-15-7-3-1-4-8-15)14-12-16-9-5-2-6-10-16;1-3-9-5-6-10-4-2-8-14-12(10)11(9)13-7-1;/h1-14H;1-8H;. The number of hydrogen-bond donors (Lipinski definition) is 0. The van der Waals surface area contributed by atoms with Crippen molar-refractivity contribution in [2.24, 2.45) is 0 Å². The molecule has 2 aromatic heterocycles. The van der Waals surface area contributed by atoms with Crippen LogP contribution in [-0.2, 0) is 25.2 Å². The Hall–Kier alpha value is -3.19. The van der Waals surface area contributed by atoms with Gasteiger partial charge in [-0.05, 0) is 23.3 Å². The van der Waals surface area contributed by atoms with Gasteiger partial charge in [0, 0.05) is 69.3 Å². The number of aromatic nitrogens is 2. The zero-order chi connectivity index (χ0) is 22.0. The van der Waals surface area contributed by atoms with Crippen LogP contribution in [0.3, 0.4) is 0 Å². The van der Waals surface area contributed by atoms with Crippen molar-refractivity contribution in [3.8, 4) is 0 Å². The minimum atomic E-state index is -0.0114. The molecular formula is C29H22N2OPd. The topological polar surface area (TPSA) is 42.9 Å². The van der Waals surface area contributed by atoms with Crippen LogP contribution in [-0.4, -0.2) is 15.8 Å². The van der Waals surface area contributed by atoms with Crippen LogP contribution >= 0.6 is 0 Å². The summed E-state index contributed by atoms with van der Waals surface area (Å²) in [5.74, 6) is -0.0114. The van der Waals surface area contributed by atoms with Gasteiger partial charge in [0.25, 0.3) is 0 Å². The summed E-state index contributed by atoms with van der Waals surface area (Å²) in [7, 11) is 0. The Labute approximate surface area is 208 Å². The third-order valence-corrected chi connectivity index (χ3v) is 4.82. The van der Waals surface area contributed by atoms with Gasteiger partial charge >= 0.3 is 0 Å². The molecule has 5 aromatic rings. The molecule has 4 heteroatoms. The summed E-state index contributed by atoms with van der Waals surface area (Å²) in [5, 5.41) is 2.28. The SMILES string of the molecule is O=C([CH][CH]c1ccccc1)[CH][CH]c1ccccc1.[Pd].c1cnc2c(c1)ccc1cccnc12. The second kappa shape index (κ2) is 12.7. The zero-order valence-electron chi connectivity index (χ0n) is 17.8. The second-order valence-corrected chi connectivity index (χ2v) is 7.11. The monoisotopic (exact) mass is 520 g/mol. The molecule has 33 heavy (non-hydrogen) atoms. The molecular weight excluding hydrogens is 499 g/mol. The fourth-order valence-corrected chi connectivity index (χ4v) is 3.22. The van der Waals surface area contributed by atoms with Gasteiger partial charge in [-0.2, -0.15) is 0 Å². The smallest absolute Gasteiger partial charge is 0.141 e. The minimum Gasteiger partial charge on any atom is -0.299 e. The first-order valence-corrected chi connectivity index (χ1v) is 10.4. The Bertz CT molecular complexity index is 1190. The number of benzene rings is 3. The molecule has 0 aliphatic rings. The number of nitrogens with zero attached hydrogens (tertiary/aromatic N) is 2. The molecule has 0 spiro atoms. The Morgan fingerprint density at radius 3 is 1.39 bits per heavy atom. The first-order valence-electron chi connectivity index (χ1n) is 10.4.